The zero-order chi connectivity index (χ0) is 13.8. The van der Waals surface area contributed by atoms with Crippen molar-refractivity contribution in [3.05, 3.63) is 36.9 Å². The first-order chi connectivity index (χ1) is 9.15. The number of nitrogens with one attached hydrogen (secondary N) is 1. The third kappa shape index (κ3) is 2.65. The van der Waals surface area contributed by atoms with Gasteiger partial charge in [-0.1, -0.05) is 12.7 Å². The fraction of sp³-hybridized carbons (Fsp3) is 0.143. The summed E-state index contributed by atoms with van der Waals surface area (Å²) < 4.78 is 10.6. The second kappa shape index (κ2) is 5.39. The van der Waals surface area contributed by atoms with Crippen LogP contribution in [0.5, 0.6) is 5.75 Å². The van der Waals surface area contributed by atoms with Crippen molar-refractivity contribution in [1.82, 2.24) is 4.98 Å². The van der Waals surface area contributed by atoms with Gasteiger partial charge in [-0.05, 0) is 11.6 Å². The van der Waals surface area contributed by atoms with Crippen molar-refractivity contribution in [2.45, 2.75) is 6.92 Å². The average molecular weight is 258 g/mol. The van der Waals surface area contributed by atoms with Crippen LogP contribution in [0.2, 0.25) is 0 Å². The second-order valence-electron chi connectivity index (χ2n) is 3.89. The van der Waals surface area contributed by atoms with Crippen molar-refractivity contribution in [3.8, 4) is 17.1 Å². The number of carbonyl (C=O) groups excluding carboxylic acids is 1. The maximum atomic E-state index is 11.2. The van der Waals surface area contributed by atoms with E-state index in [9.17, 15) is 4.79 Å². The van der Waals surface area contributed by atoms with Crippen LogP contribution in [0.1, 0.15) is 12.5 Å². The maximum Gasteiger partial charge on any atom is 0.221 e. The molecular weight excluding hydrogens is 244 g/mol. The Morgan fingerprint density at radius 2 is 2.32 bits per heavy atom. The molecule has 1 amide bonds. The summed E-state index contributed by atoms with van der Waals surface area (Å²) in [5.41, 5.74) is 2.18. The molecule has 98 valence electrons. The molecule has 0 radical (unpaired) electrons. The van der Waals surface area contributed by atoms with Gasteiger partial charge in [0.2, 0.25) is 5.91 Å². The molecule has 1 N–H and O–H groups in total. The van der Waals surface area contributed by atoms with Crippen LogP contribution in [0.4, 0.5) is 5.69 Å². The number of anilines is 1. The third-order valence-corrected chi connectivity index (χ3v) is 2.60. The van der Waals surface area contributed by atoms with Crippen LogP contribution in [-0.4, -0.2) is 18.0 Å². The first-order valence-corrected chi connectivity index (χ1v) is 5.66. The Balaban J connectivity index is 2.57. The summed E-state index contributed by atoms with van der Waals surface area (Å²) in [6.07, 6.45) is 4.61. The highest BCUT2D eigenvalue weighted by Gasteiger charge is 2.13. The smallest absolute Gasteiger partial charge is 0.221 e. The van der Waals surface area contributed by atoms with Gasteiger partial charge in [-0.15, -0.1) is 0 Å². The van der Waals surface area contributed by atoms with E-state index >= 15 is 0 Å². The highest BCUT2D eigenvalue weighted by atomic mass is 16.5. The topological polar surface area (TPSA) is 64.4 Å². The zero-order valence-electron chi connectivity index (χ0n) is 10.8. The molecule has 1 heterocycles. The van der Waals surface area contributed by atoms with Gasteiger partial charge in [0.15, 0.2) is 12.2 Å². The third-order valence-electron chi connectivity index (χ3n) is 2.60. The molecule has 5 nitrogen and oxygen atoms in total. The molecular formula is C14H14N2O3. The van der Waals surface area contributed by atoms with E-state index < -0.39 is 0 Å². The van der Waals surface area contributed by atoms with E-state index in [2.05, 4.69) is 16.9 Å². The predicted molar refractivity (Wildman–Crippen MR) is 72.9 cm³/mol. The molecule has 0 aliphatic rings. The fourth-order valence-electron chi connectivity index (χ4n) is 1.77. The van der Waals surface area contributed by atoms with E-state index in [-0.39, 0.29) is 5.91 Å². The summed E-state index contributed by atoms with van der Waals surface area (Å²) in [7, 11) is 1.56. The molecule has 19 heavy (non-hydrogen) atoms. The quantitative estimate of drug-likeness (QED) is 0.915. The van der Waals surface area contributed by atoms with Gasteiger partial charge >= 0.3 is 0 Å². The van der Waals surface area contributed by atoms with Crippen molar-refractivity contribution in [2.75, 3.05) is 12.4 Å². The van der Waals surface area contributed by atoms with Crippen molar-refractivity contribution in [2.24, 2.45) is 0 Å². The molecule has 0 aliphatic carbocycles. The van der Waals surface area contributed by atoms with Crippen LogP contribution < -0.4 is 10.1 Å². The van der Waals surface area contributed by atoms with Crippen molar-refractivity contribution in [3.63, 3.8) is 0 Å². The highest BCUT2D eigenvalue weighted by molar-refractivity contribution is 5.92. The van der Waals surface area contributed by atoms with Gasteiger partial charge in [0, 0.05) is 13.0 Å². The molecule has 0 bridgehead atoms. The highest BCUT2D eigenvalue weighted by Crippen LogP contribution is 2.35. The summed E-state index contributed by atoms with van der Waals surface area (Å²) >= 11 is 0. The molecule has 1 aromatic heterocycles. The Hall–Kier alpha value is -2.56. The zero-order valence-corrected chi connectivity index (χ0v) is 10.8. The van der Waals surface area contributed by atoms with Crippen molar-refractivity contribution < 1.29 is 13.9 Å². The van der Waals surface area contributed by atoms with Crippen molar-refractivity contribution >= 4 is 17.7 Å². The Labute approximate surface area is 110 Å². The first kappa shape index (κ1) is 12.9. The molecule has 0 fully saturated rings. The Morgan fingerprint density at radius 3 is 2.84 bits per heavy atom. The number of oxazole rings is 1. The van der Waals surface area contributed by atoms with E-state index in [0.717, 1.165) is 11.1 Å². The largest absolute Gasteiger partial charge is 0.496 e. The number of benzene rings is 1. The number of methoxy groups -OCH3 is 1. The number of hydrogen-bond donors (Lipinski definition) is 1. The van der Waals surface area contributed by atoms with E-state index in [4.69, 9.17) is 9.15 Å². The van der Waals surface area contributed by atoms with Crippen molar-refractivity contribution in [1.29, 1.82) is 0 Å². The number of amides is 1. The minimum atomic E-state index is -0.155. The van der Waals surface area contributed by atoms with Gasteiger partial charge in [0.25, 0.3) is 0 Å². The molecule has 2 rings (SSSR count). The fourth-order valence-corrected chi connectivity index (χ4v) is 1.77. The number of ether oxygens (including phenoxy) is 1. The first-order valence-electron chi connectivity index (χ1n) is 5.66. The van der Waals surface area contributed by atoms with Gasteiger partial charge in [0.05, 0.1) is 24.6 Å². The monoisotopic (exact) mass is 258 g/mol. The normalized spacial score (nSPS) is 10.0. The van der Waals surface area contributed by atoms with Crippen LogP contribution in [0.3, 0.4) is 0 Å². The summed E-state index contributed by atoms with van der Waals surface area (Å²) in [6, 6.07) is 3.56. The lowest BCUT2D eigenvalue weighted by molar-refractivity contribution is -0.114. The molecule has 0 spiro atoms. The number of aromatic nitrogens is 1. The minimum Gasteiger partial charge on any atom is -0.496 e. The van der Waals surface area contributed by atoms with E-state index in [1.54, 1.807) is 25.4 Å². The summed E-state index contributed by atoms with van der Waals surface area (Å²) in [6.45, 7) is 5.19. The molecule has 1 aromatic carbocycles. The number of rotatable bonds is 4. The Kier molecular flexibility index (Phi) is 3.66. The van der Waals surface area contributed by atoms with Crippen LogP contribution in [-0.2, 0) is 4.79 Å². The van der Waals surface area contributed by atoms with Crippen LogP contribution in [0, 0.1) is 0 Å². The number of nitrogens with zero attached hydrogens (tertiary/aromatic N) is 1. The Bertz CT molecular complexity index is 603. The van der Waals surface area contributed by atoms with Gasteiger partial charge < -0.3 is 14.5 Å². The molecule has 5 heteroatoms. The lowest BCUT2D eigenvalue weighted by Crippen LogP contribution is -2.07. The lowest BCUT2D eigenvalue weighted by Gasteiger charge is -2.12. The van der Waals surface area contributed by atoms with Gasteiger partial charge in [0.1, 0.15) is 5.75 Å². The molecule has 0 saturated heterocycles. The van der Waals surface area contributed by atoms with Gasteiger partial charge in [-0.25, -0.2) is 4.98 Å². The second-order valence-corrected chi connectivity index (χ2v) is 3.89. The number of carbonyl (C=O) groups is 1. The molecule has 0 aliphatic heterocycles. The van der Waals surface area contributed by atoms with Crippen LogP contribution >= 0.6 is 0 Å². The SMILES string of the molecule is C=Cc1cc(-c2cnco2)c(OC)cc1NC(C)=O. The van der Waals surface area contributed by atoms with E-state index in [1.807, 2.05) is 6.07 Å². The van der Waals surface area contributed by atoms with E-state index in [0.29, 0.717) is 17.2 Å². The van der Waals surface area contributed by atoms with Crippen LogP contribution in [0.15, 0.2) is 35.7 Å². The van der Waals surface area contributed by atoms with Crippen LogP contribution in [0.25, 0.3) is 17.4 Å². The summed E-state index contributed by atoms with van der Waals surface area (Å²) in [5, 5.41) is 2.74. The molecule has 0 unspecified atom stereocenters. The molecule has 0 saturated carbocycles. The number of hydrogen-bond acceptors (Lipinski definition) is 4. The molecule has 0 atom stereocenters. The lowest BCUT2D eigenvalue weighted by atomic mass is 10.1. The average Bonchev–Trinajstić information content (AvgIpc) is 2.91. The van der Waals surface area contributed by atoms with E-state index in [1.165, 1.54) is 13.3 Å². The summed E-state index contributed by atoms with van der Waals surface area (Å²) in [4.78, 5) is 15.1. The standard InChI is InChI=1S/C14H14N2O3/c1-4-10-5-11(14-7-15-8-19-14)13(18-3)6-12(10)16-9(2)17/h4-8H,1H2,2-3H3,(H,16,17). The molecule has 2 aromatic rings. The summed E-state index contributed by atoms with van der Waals surface area (Å²) in [5.74, 6) is 1.03. The predicted octanol–water partition coefficient (Wildman–Crippen LogP) is 2.95. The maximum absolute atomic E-state index is 11.2. The van der Waals surface area contributed by atoms with Gasteiger partial charge in [-0.3, -0.25) is 4.79 Å². The minimum absolute atomic E-state index is 0.155. The Morgan fingerprint density at radius 1 is 1.53 bits per heavy atom. The van der Waals surface area contributed by atoms with Gasteiger partial charge in [-0.2, -0.15) is 0 Å².